The molecule has 0 aliphatic carbocycles. The van der Waals surface area contributed by atoms with Gasteiger partial charge in [-0.3, -0.25) is 0 Å². The molecule has 5 heteroatoms. The van der Waals surface area contributed by atoms with Crippen LogP contribution in [0.25, 0.3) is 0 Å². The van der Waals surface area contributed by atoms with Crippen LogP contribution < -0.4 is 21.1 Å². The average molecular weight is 237 g/mol. The van der Waals surface area contributed by atoms with Gasteiger partial charge < -0.3 is 21.1 Å². The number of benzene rings is 1. The summed E-state index contributed by atoms with van der Waals surface area (Å²) in [5.41, 5.74) is 7.24. The van der Waals surface area contributed by atoms with Crippen LogP contribution in [0.3, 0.4) is 0 Å². The van der Waals surface area contributed by atoms with Crippen LogP contribution in [0.4, 0.5) is 4.79 Å². The molecule has 0 radical (unpaired) electrons. The fourth-order valence-electron chi connectivity index (χ4n) is 1.56. The van der Waals surface area contributed by atoms with E-state index in [1.807, 2.05) is 19.1 Å². The van der Waals surface area contributed by atoms with Gasteiger partial charge in [0.05, 0.1) is 7.11 Å². The molecule has 1 aromatic carbocycles. The van der Waals surface area contributed by atoms with Crippen molar-refractivity contribution >= 4 is 6.03 Å². The summed E-state index contributed by atoms with van der Waals surface area (Å²) in [6.07, 6.45) is 0. The van der Waals surface area contributed by atoms with E-state index in [1.165, 1.54) is 5.56 Å². The van der Waals surface area contributed by atoms with E-state index in [2.05, 4.69) is 16.7 Å². The molecule has 5 nitrogen and oxygen atoms in total. The van der Waals surface area contributed by atoms with E-state index in [0.717, 1.165) is 17.9 Å². The summed E-state index contributed by atoms with van der Waals surface area (Å²) in [6.45, 7) is 3.99. The predicted octanol–water partition coefficient (Wildman–Crippen LogP) is 0.762. The Kier molecular flexibility index (Phi) is 5.29. The maximum absolute atomic E-state index is 10.4. The molecule has 0 saturated carbocycles. The summed E-state index contributed by atoms with van der Waals surface area (Å²) >= 11 is 0. The Morgan fingerprint density at radius 3 is 2.76 bits per heavy atom. The lowest BCUT2D eigenvalue weighted by molar-refractivity contribution is 0.249. The van der Waals surface area contributed by atoms with Crippen molar-refractivity contribution in [3.8, 4) is 5.75 Å². The van der Waals surface area contributed by atoms with Crippen molar-refractivity contribution in [1.29, 1.82) is 0 Å². The Morgan fingerprint density at radius 1 is 1.41 bits per heavy atom. The SMILES string of the molecule is COc1ccc(CNCCNC(N)=O)cc1C. The number of primary amides is 1. The number of nitrogens with two attached hydrogens (primary N) is 1. The molecular weight excluding hydrogens is 218 g/mol. The first kappa shape index (κ1) is 13.3. The van der Waals surface area contributed by atoms with Gasteiger partial charge in [-0.25, -0.2) is 4.79 Å². The van der Waals surface area contributed by atoms with Gasteiger partial charge in [0.15, 0.2) is 0 Å². The molecule has 0 aliphatic rings. The second kappa shape index (κ2) is 6.75. The largest absolute Gasteiger partial charge is 0.496 e. The number of urea groups is 1. The van der Waals surface area contributed by atoms with E-state index in [0.29, 0.717) is 13.1 Å². The van der Waals surface area contributed by atoms with Gasteiger partial charge in [0, 0.05) is 19.6 Å². The predicted molar refractivity (Wildman–Crippen MR) is 67.0 cm³/mol. The Balaban J connectivity index is 2.32. The fraction of sp³-hybridized carbons (Fsp3) is 0.417. The van der Waals surface area contributed by atoms with Crippen molar-refractivity contribution < 1.29 is 9.53 Å². The number of nitrogens with one attached hydrogen (secondary N) is 2. The molecule has 1 aromatic rings. The zero-order chi connectivity index (χ0) is 12.7. The third kappa shape index (κ3) is 4.74. The molecule has 0 fully saturated rings. The molecule has 94 valence electrons. The second-order valence-electron chi connectivity index (χ2n) is 3.77. The lowest BCUT2D eigenvalue weighted by Gasteiger charge is -2.08. The molecule has 0 spiro atoms. The van der Waals surface area contributed by atoms with Gasteiger partial charge in [0.1, 0.15) is 5.75 Å². The average Bonchev–Trinajstić information content (AvgIpc) is 2.28. The minimum absolute atomic E-state index is 0.493. The molecule has 0 unspecified atom stereocenters. The van der Waals surface area contributed by atoms with E-state index in [-0.39, 0.29) is 0 Å². The molecule has 0 aliphatic heterocycles. The maximum Gasteiger partial charge on any atom is 0.312 e. The van der Waals surface area contributed by atoms with E-state index >= 15 is 0 Å². The standard InChI is InChI=1S/C12H19N3O2/c1-9-7-10(3-4-11(9)17-2)8-14-5-6-15-12(13)16/h3-4,7,14H,5-6,8H2,1-2H3,(H3,13,15,16). The smallest absolute Gasteiger partial charge is 0.312 e. The number of hydrogen-bond donors (Lipinski definition) is 3. The highest BCUT2D eigenvalue weighted by atomic mass is 16.5. The maximum atomic E-state index is 10.4. The number of ether oxygens (including phenoxy) is 1. The summed E-state index contributed by atoms with van der Waals surface area (Å²) in [6, 6.07) is 5.55. The van der Waals surface area contributed by atoms with Crippen LogP contribution in [0, 0.1) is 6.92 Å². The van der Waals surface area contributed by atoms with Crippen molar-refractivity contribution in [1.82, 2.24) is 10.6 Å². The van der Waals surface area contributed by atoms with Crippen LogP contribution in [0.2, 0.25) is 0 Å². The number of rotatable bonds is 6. The Morgan fingerprint density at radius 2 is 2.18 bits per heavy atom. The molecular formula is C12H19N3O2. The summed E-state index contributed by atoms with van der Waals surface area (Å²) in [5.74, 6) is 0.893. The molecule has 4 N–H and O–H groups in total. The Labute approximate surface area is 101 Å². The van der Waals surface area contributed by atoms with Crippen molar-refractivity contribution in [3.05, 3.63) is 29.3 Å². The zero-order valence-corrected chi connectivity index (χ0v) is 10.2. The van der Waals surface area contributed by atoms with E-state index in [4.69, 9.17) is 10.5 Å². The van der Waals surface area contributed by atoms with Gasteiger partial charge >= 0.3 is 6.03 Å². The molecule has 0 bridgehead atoms. The molecule has 0 saturated heterocycles. The number of carbonyl (C=O) groups excluding carboxylic acids is 1. The third-order valence-corrected chi connectivity index (χ3v) is 2.39. The molecule has 0 atom stereocenters. The first-order chi connectivity index (χ1) is 8.13. The van der Waals surface area contributed by atoms with Crippen LogP contribution in [-0.2, 0) is 6.54 Å². The summed E-state index contributed by atoms with van der Waals surface area (Å²) in [5, 5.41) is 5.73. The van der Waals surface area contributed by atoms with Crippen LogP contribution in [-0.4, -0.2) is 26.2 Å². The lowest BCUT2D eigenvalue weighted by atomic mass is 10.1. The number of methoxy groups -OCH3 is 1. The first-order valence-corrected chi connectivity index (χ1v) is 5.51. The zero-order valence-electron chi connectivity index (χ0n) is 10.2. The molecule has 0 heterocycles. The van der Waals surface area contributed by atoms with Crippen LogP contribution >= 0.6 is 0 Å². The van der Waals surface area contributed by atoms with Gasteiger partial charge in [0.2, 0.25) is 0 Å². The summed E-state index contributed by atoms with van der Waals surface area (Å²) < 4.78 is 5.19. The van der Waals surface area contributed by atoms with Crippen molar-refractivity contribution in [2.45, 2.75) is 13.5 Å². The number of hydrogen-bond acceptors (Lipinski definition) is 3. The van der Waals surface area contributed by atoms with Gasteiger partial charge in [-0.2, -0.15) is 0 Å². The van der Waals surface area contributed by atoms with Gasteiger partial charge in [-0.15, -0.1) is 0 Å². The first-order valence-electron chi connectivity index (χ1n) is 5.51. The Bertz CT molecular complexity index is 380. The highest BCUT2D eigenvalue weighted by molar-refractivity contribution is 5.71. The van der Waals surface area contributed by atoms with Crippen LogP contribution in [0.1, 0.15) is 11.1 Å². The van der Waals surface area contributed by atoms with Crippen molar-refractivity contribution in [2.75, 3.05) is 20.2 Å². The number of carbonyl (C=O) groups is 1. The van der Waals surface area contributed by atoms with Gasteiger partial charge in [-0.05, 0) is 24.1 Å². The van der Waals surface area contributed by atoms with Crippen LogP contribution in [0.15, 0.2) is 18.2 Å². The second-order valence-corrected chi connectivity index (χ2v) is 3.77. The quantitative estimate of drug-likeness (QED) is 0.639. The fourth-order valence-corrected chi connectivity index (χ4v) is 1.56. The van der Waals surface area contributed by atoms with Gasteiger partial charge in [-0.1, -0.05) is 12.1 Å². The minimum Gasteiger partial charge on any atom is -0.496 e. The van der Waals surface area contributed by atoms with Gasteiger partial charge in [0.25, 0.3) is 0 Å². The van der Waals surface area contributed by atoms with E-state index in [1.54, 1.807) is 7.11 Å². The normalized spacial score (nSPS) is 10.0. The molecule has 1 rings (SSSR count). The summed E-state index contributed by atoms with van der Waals surface area (Å²) in [7, 11) is 1.66. The van der Waals surface area contributed by atoms with E-state index < -0.39 is 6.03 Å². The molecule has 0 aromatic heterocycles. The lowest BCUT2D eigenvalue weighted by Crippen LogP contribution is -2.35. The number of amides is 2. The highest BCUT2D eigenvalue weighted by Crippen LogP contribution is 2.18. The molecule has 2 amide bonds. The minimum atomic E-state index is -0.493. The molecule has 17 heavy (non-hydrogen) atoms. The number of aryl methyl sites for hydroxylation is 1. The third-order valence-electron chi connectivity index (χ3n) is 2.39. The van der Waals surface area contributed by atoms with Crippen LogP contribution in [0.5, 0.6) is 5.75 Å². The Hall–Kier alpha value is -1.75. The highest BCUT2D eigenvalue weighted by Gasteiger charge is 1.99. The summed E-state index contributed by atoms with van der Waals surface area (Å²) in [4.78, 5) is 10.4. The van der Waals surface area contributed by atoms with E-state index in [9.17, 15) is 4.79 Å². The van der Waals surface area contributed by atoms with Crippen molar-refractivity contribution in [2.24, 2.45) is 5.73 Å². The topological polar surface area (TPSA) is 76.4 Å². The monoisotopic (exact) mass is 237 g/mol. The van der Waals surface area contributed by atoms with Crippen molar-refractivity contribution in [3.63, 3.8) is 0 Å².